The van der Waals surface area contributed by atoms with Crippen LogP contribution in [0.2, 0.25) is 0 Å². The maximum atomic E-state index is 13.1. The molecule has 0 aliphatic rings. The third-order valence-electron chi connectivity index (χ3n) is 4.28. The minimum absolute atomic E-state index is 0. The van der Waals surface area contributed by atoms with Gasteiger partial charge in [0.05, 0.1) is 16.0 Å². The van der Waals surface area contributed by atoms with Crippen LogP contribution in [0, 0.1) is 6.92 Å². The summed E-state index contributed by atoms with van der Waals surface area (Å²) in [6.45, 7) is 3.50. The van der Waals surface area contributed by atoms with Gasteiger partial charge in [-0.05, 0) is 51.5 Å². The Hall–Kier alpha value is -1.25. The molecule has 0 aliphatic carbocycles. The standard InChI is InChI=1S/C21H25N3OS3.ClH/c1-15-8-10-16(11-9-15)27-14-19(25)24(13-12-23(2)3)21-22-20-17(26-4)6-5-7-18(20)28-21;/h5-11H,12-14H2,1-4H3;1H. The zero-order chi connectivity index (χ0) is 20.1. The van der Waals surface area contributed by atoms with Crippen molar-refractivity contribution in [3.63, 3.8) is 0 Å². The fraction of sp³-hybridized carbons (Fsp3) is 0.333. The summed E-state index contributed by atoms with van der Waals surface area (Å²) in [5, 5.41) is 0.785. The summed E-state index contributed by atoms with van der Waals surface area (Å²) in [7, 11) is 4.04. The second-order valence-corrected chi connectivity index (χ2v) is 9.66. The zero-order valence-corrected chi connectivity index (χ0v) is 20.3. The Morgan fingerprint density at radius 1 is 1.10 bits per heavy atom. The number of likely N-dealkylation sites (N-methyl/N-ethyl adjacent to an activating group) is 1. The van der Waals surface area contributed by atoms with E-state index in [4.69, 9.17) is 4.98 Å². The third-order valence-corrected chi connectivity index (χ3v) is 7.09. The Morgan fingerprint density at radius 3 is 2.48 bits per heavy atom. The second kappa shape index (κ2) is 11.2. The Morgan fingerprint density at radius 2 is 1.83 bits per heavy atom. The van der Waals surface area contributed by atoms with Crippen molar-refractivity contribution in [2.75, 3.05) is 44.1 Å². The highest BCUT2D eigenvalue weighted by atomic mass is 35.5. The molecular formula is C21H26ClN3OS3. The lowest BCUT2D eigenvalue weighted by atomic mass is 10.2. The maximum absolute atomic E-state index is 13.1. The van der Waals surface area contributed by atoms with Gasteiger partial charge in [0.1, 0.15) is 0 Å². The summed E-state index contributed by atoms with van der Waals surface area (Å²) >= 11 is 4.86. The number of thiazole rings is 1. The van der Waals surface area contributed by atoms with Crippen LogP contribution in [0.25, 0.3) is 10.2 Å². The van der Waals surface area contributed by atoms with E-state index in [0.717, 1.165) is 31.7 Å². The molecule has 29 heavy (non-hydrogen) atoms. The molecule has 0 radical (unpaired) electrons. The van der Waals surface area contributed by atoms with Crippen LogP contribution in [0.4, 0.5) is 5.13 Å². The Kier molecular flexibility index (Phi) is 9.30. The average molecular weight is 468 g/mol. The van der Waals surface area contributed by atoms with Gasteiger partial charge in [-0.25, -0.2) is 4.98 Å². The third kappa shape index (κ3) is 6.36. The zero-order valence-electron chi connectivity index (χ0n) is 17.0. The van der Waals surface area contributed by atoms with E-state index in [1.807, 2.05) is 19.0 Å². The van der Waals surface area contributed by atoms with Gasteiger partial charge >= 0.3 is 0 Å². The number of thioether (sulfide) groups is 2. The van der Waals surface area contributed by atoms with Crippen LogP contribution in [0.5, 0.6) is 0 Å². The fourth-order valence-corrected chi connectivity index (χ4v) is 5.11. The first-order chi connectivity index (χ1) is 13.5. The van der Waals surface area contributed by atoms with Crippen LogP contribution in [0.15, 0.2) is 52.3 Å². The molecule has 0 fully saturated rings. The van der Waals surface area contributed by atoms with Crippen molar-refractivity contribution in [2.45, 2.75) is 16.7 Å². The lowest BCUT2D eigenvalue weighted by Crippen LogP contribution is -2.37. The molecule has 2 aromatic carbocycles. The van der Waals surface area contributed by atoms with Crippen LogP contribution in [-0.2, 0) is 4.79 Å². The largest absolute Gasteiger partial charge is 0.308 e. The summed E-state index contributed by atoms with van der Waals surface area (Å²) in [5.41, 5.74) is 2.21. The SMILES string of the molecule is CSc1cccc2sc(N(CCN(C)C)C(=O)CSc3ccc(C)cc3)nc12.Cl. The molecule has 0 N–H and O–H groups in total. The van der Waals surface area contributed by atoms with E-state index >= 15 is 0 Å². The number of amides is 1. The number of halogens is 1. The molecule has 4 nitrogen and oxygen atoms in total. The molecule has 1 amide bonds. The van der Waals surface area contributed by atoms with Gasteiger partial charge in [0.15, 0.2) is 5.13 Å². The molecule has 0 aliphatic heterocycles. The first-order valence-corrected chi connectivity index (χ1v) is 12.1. The monoisotopic (exact) mass is 467 g/mol. The first kappa shape index (κ1) is 24.0. The molecular weight excluding hydrogens is 442 g/mol. The van der Waals surface area contributed by atoms with Gasteiger partial charge in [-0.3, -0.25) is 9.69 Å². The van der Waals surface area contributed by atoms with E-state index < -0.39 is 0 Å². The van der Waals surface area contributed by atoms with E-state index in [2.05, 4.69) is 60.5 Å². The minimum atomic E-state index is 0. The summed E-state index contributed by atoms with van der Waals surface area (Å²) in [6, 6.07) is 14.5. The minimum Gasteiger partial charge on any atom is -0.308 e. The molecule has 0 unspecified atom stereocenters. The number of hydrogen-bond donors (Lipinski definition) is 0. The second-order valence-electron chi connectivity index (χ2n) is 6.75. The van der Waals surface area contributed by atoms with Crippen LogP contribution >= 0.6 is 47.3 Å². The van der Waals surface area contributed by atoms with Crippen molar-refractivity contribution < 1.29 is 4.79 Å². The van der Waals surface area contributed by atoms with E-state index in [1.165, 1.54) is 5.56 Å². The number of hydrogen-bond acceptors (Lipinski definition) is 6. The Bertz CT molecular complexity index is 944. The highest BCUT2D eigenvalue weighted by Crippen LogP contribution is 2.34. The summed E-state index contributed by atoms with van der Waals surface area (Å²) in [5.74, 6) is 0.499. The van der Waals surface area contributed by atoms with Crippen molar-refractivity contribution in [1.82, 2.24) is 9.88 Å². The molecule has 0 saturated heterocycles. The molecule has 3 aromatic rings. The summed E-state index contributed by atoms with van der Waals surface area (Å²) in [4.78, 5) is 24.1. The quantitative estimate of drug-likeness (QED) is 0.412. The lowest BCUT2D eigenvalue weighted by molar-refractivity contribution is -0.116. The van der Waals surface area contributed by atoms with Gasteiger partial charge in [-0.2, -0.15) is 0 Å². The smallest absolute Gasteiger partial charge is 0.239 e. The molecule has 1 aromatic heterocycles. The predicted octanol–water partition coefficient (Wildman–Crippen LogP) is 5.44. The number of benzene rings is 2. The molecule has 156 valence electrons. The summed E-state index contributed by atoms with van der Waals surface area (Å²) in [6.07, 6.45) is 2.06. The molecule has 0 saturated carbocycles. The highest BCUT2D eigenvalue weighted by Gasteiger charge is 2.21. The van der Waals surface area contributed by atoms with Crippen molar-refractivity contribution in [1.29, 1.82) is 0 Å². The molecule has 0 spiro atoms. The number of carbonyl (C=O) groups excluding carboxylic acids is 1. The predicted molar refractivity (Wildman–Crippen MR) is 131 cm³/mol. The number of aromatic nitrogens is 1. The number of para-hydroxylation sites is 1. The number of anilines is 1. The maximum Gasteiger partial charge on any atom is 0.239 e. The van der Waals surface area contributed by atoms with Gasteiger partial charge in [0.25, 0.3) is 0 Å². The van der Waals surface area contributed by atoms with Crippen LogP contribution in [0.1, 0.15) is 5.56 Å². The number of fused-ring (bicyclic) bond motifs is 1. The molecule has 3 rings (SSSR count). The van der Waals surface area contributed by atoms with Crippen LogP contribution < -0.4 is 4.90 Å². The number of nitrogens with zero attached hydrogens (tertiary/aromatic N) is 3. The van der Waals surface area contributed by atoms with Gasteiger partial charge in [0.2, 0.25) is 5.91 Å². The van der Waals surface area contributed by atoms with Crippen molar-refractivity contribution in [2.24, 2.45) is 0 Å². The van der Waals surface area contributed by atoms with Crippen molar-refractivity contribution >= 4 is 68.5 Å². The lowest BCUT2D eigenvalue weighted by Gasteiger charge is -2.21. The number of carbonyl (C=O) groups is 1. The molecule has 1 heterocycles. The topological polar surface area (TPSA) is 36.4 Å². The average Bonchev–Trinajstić information content (AvgIpc) is 3.11. The molecule has 0 atom stereocenters. The fourth-order valence-electron chi connectivity index (χ4n) is 2.68. The normalized spacial score (nSPS) is 10.9. The summed E-state index contributed by atoms with van der Waals surface area (Å²) < 4.78 is 1.12. The van der Waals surface area contributed by atoms with Gasteiger partial charge < -0.3 is 4.90 Å². The van der Waals surface area contributed by atoms with E-state index in [9.17, 15) is 4.79 Å². The van der Waals surface area contributed by atoms with Gasteiger partial charge in [-0.1, -0.05) is 35.1 Å². The first-order valence-electron chi connectivity index (χ1n) is 9.06. The Balaban J connectivity index is 0.00000300. The Labute approximate surface area is 191 Å². The van der Waals surface area contributed by atoms with Crippen molar-refractivity contribution in [3.05, 3.63) is 48.0 Å². The van der Waals surface area contributed by atoms with Crippen LogP contribution in [0.3, 0.4) is 0 Å². The highest BCUT2D eigenvalue weighted by molar-refractivity contribution is 8.00. The van der Waals surface area contributed by atoms with Gasteiger partial charge in [-0.15, -0.1) is 35.9 Å². The molecule has 0 bridgehead atoms. The van der Waals surface area contributed by atoms with E-state index in [1.54, 1.807) is 34.9 Å². The van der Waals surface area contributed by atoms with Crippen LogP contribution in [-0.4, -0.2) is 55.0 Å². The number of aryl methyl sites for hydroxylation is 1. The number of rotatable bonds is 8. The van der Waals surface area contributed by atoms with Crippen molar-refractivity contribution in [3.8, 4) is 0 Å². The van der Waals surface area contributed by atoms with E-state index in [-0.39, 0.29) is 18.3 Å². The van der Waals surface area contributed by atoms with Gasteiger partial charge in [0, 0.05) is 22.9 Å². The van der Waals surface area contributed by atoms with E-state index in [0.29, 0.717) is 12.3 Å². The molecule has 8 heteroatoms.